The van der Waals surface area contributed by atoms with Crippen molar-refractivity contribution in [2.24, 2.45) is 0 Å². The van der Waals surface area contributed by atoms with Gasteiger partial charge in [-0.05, 0) is 36.2 Å². The van der Waals surface area contributed by atoms with Crippen LogP contribution in [0, 0.1) is 6.92 Å². The number of hydrogen-bond donors (Lipinski definition) is 3. The normalized spacial score (nSPS) is 15.7. The number of halogens is 5. The molecule has 0 bridgehead atoms. The lowest BCUT2D eigenvalue weighted by molar-refractivity contribution is -0.274. The number of rotatable bonds is 4. The number of anilines is 1. The lowest BCUT2D eigenvalue weighted by Gasteiger charge is -2.36. The lowest BCUT2D eigenvalue weighted by Crippen LogP contribution is -2.45. The number of nitrogens with zero attached hydrogens (tertiary/aromatic N) is 1. The fourth-order valence-corrected chi connectivity index (χ4v) is 3.42. The summed E-state index contributed by atoms with van der Waals surface area (Å²) in [5, 5.41) is 13.9. The molecule has 0 saturated carbocycles. The van der Waals surface area contributed by atoms with Crippen molar-refractivity contribution in [3.8, 4) is 11.5 Å². The van der Waals surface area contributed by atoms with Gasteiger partial charge in [0, 0.05) is 31.7 Å². The molecule has 1 fully saturated rings. The van der Waals surface area contributed by atoms with Gasteiger partial charge < -0.3 is 20.9 Å². The molecule has 3 rings (SSSR count). The first-order valence-corrected chi connectivity index (χ1v) is 8.64. The van der Waals surface area contributed by atoms with E-state index in [0.717, 1.165) is 37.3 Å². The largest absolute Gasteiger partial charge is 0.573 e. The van der Waals surface area contributed by atoms with Gasteiger partial charge in [-0.3, -0.25) is 4.90 Å². The fraction of sp³-hybridized carbons (Fsp3) is 0.368. The summed E-state index contributed by atoms with van der Waals surface area (Å²) in [5.41, 5.74) is 8.46. The molecule has 1 heterocycles. The Hall–Kier alpha value is -1.87. The molecule has 1 saturated heterocycles. The molecule has 4 N–H and O–H groups in total. The van der Waals surface area contributed by atoms with Crippen molar-refractivity contribution in [1.29, 1.82) is 0 Å². The summed E-state index contributed by atoms with van der Waals surface area (Å²) < 4.78 is 41.2. The van der Waals surface area contributed by atoms with Gasteiger partial charge in [0.25, 0.3) is 0 Å². The molecule has 5 nitrogen and oxygen atoms in total. The maximum atomic E-state index is 12.4. The number of benzene rings is 2. The molecule has 1 aliphatic rings. The number of alkyl halides is 3. The lowest BCUT2D eigenvalue weighted by atomic mass is 9.91. The minimum Gasteiger partial charge on any atom is -0.505 e. The van der Waals surface area contributed by atoms with Crippen LogP contribution in [-0.2, 0) is 0 Å². The van der Waals surface area contributed by atoms with E-state index in [2.05, 4.69) is 15.0 Å². The van der Waals surface area contributed by atoms with Crippen LogP contribution >= 0.6 is 24.8 Å². The van der Waals surface area contributed by atoms with E-state index in [0.29, 0.717) is 5.56 Å². The van der Waals surface area contributed by atoms with Crippen LogP contribution in [-0.4, -0.2) is 42.5 Å². The molecule has 162 valence electrons. The standard InChI is InChI=1S/C19H22F3N3O2.2ClH/c1-12-2-7-15(23)18(26)16(12)17(25-10-8-24-9-11-25)13-3-5-14(6-4-13)27-19(20,21)22;;/h2-7,17,24,26H,8-11,23H2,1H3;2*1H/t17-;;/m0../s1. The predicted octanol–water partition coefficient (Wildman–Crippen LogP) is 4.02. The minimum absolute atomic E-state index is 0. The van der Waals surface area contributed by atoms with Crippen molar-refractivity contribution in [3.05, 3.63) is 53.1 Å². The van der Waals surface area contributed by atoms with E-state index >= 15 is 0 Å². The van der Waals surface area contributed by atoms with E-state index in [4.69, 9.17) is 5.73 Å². The number of nitrogens with two attached hydrogens (primary N) is 1. The third-order valence-corrected chi connectivity index (χ3v) is 4.69. The highest BCUT2D eigenvalue weighted by atomic mass is 35.5. The minimum atomic E-state index is -4.73. The van der Waals surface area contributed by atoms with Crippen molar-refractivity contribution < 1.29 is 23.0 Å². The van der Waals surface area contributed by atoms with Crippen LogP contribution in [0.2, 0.25) is 0 Å². The zero-order valence-electron chi connectivity index (χ0n) is 15.7. The number of phenols is 1. The summed E-state index contributed by atoms with van der Waals surface area (Å²) >= 11 is 0. The second-order valence-electron chi connectivity index (χ2n) is 6.54. The molecule has 0 amide bonds. The van der Waals surface area contributed by atoms with E-state index in [9.17, 15) is 18.3 Å². The van der Waals surface area contributed by atoms with Crippen LogP contribution in [0.3, 0.4) is 0 Å². The highest BCUT2D eigenvalue weighted by Crippen LogP contribution is 2.40. The van der Waals surface area contributed by atoms with Crippen LogP contribution in [0.1, 0.15) is 22.7 Å². The quantitative estimate of drug-likeness (QED) is 0.481. The first-order chi connectivity index (χ1) is 12.8. The van der Waals surface area contributed by atoms with Gasteiger partial charge in [-0.2, -0.15) is 0 Å². The molecule has 29 heavy (non-hydrogen) atoms. The average Bonchev–Trinajstić information content (AvgIpc) is 2.62. The van der Waals surface area contributed by atoms with Crippen molar-refractivity contribution >= 4 is 30.5 Å². The van der Waals surface area contributed by atoms with Crippen molar-refractivity contribution in [1.82, 2.24) is 10.2 Å². The molecular formula is C19H24Cl2F3N3O2. The monoisotopic (exact) mass is 453 g/mol. The van der Waals surface area contributed by atoms with Gasteiger partial charge in [0.2, 0.25) is 0 Å². The van der Waals surface area contributed by atoms with E-state index in [1.807, 2.05) is 13.0 Å². The summed E-state index contributed by atoms with van der Waals surface area (Å²) in [5.74, 6) is -0.270. The topological polar surface area (TPSA) is 70.8 Å². The molecule has 2 aromatic rings. The van der Waals surface area contributed by atoms with Crippen molar-refractivity contribution in [2.45, 2.75) is 19.3 Å². The molecule has 1 atom stereocenters. The van der Waals surface area contributed by atoms with E-state index in [1.165, 1.54) is 12.1 Å². The van der Waals surface area contributed by atoms with E-state index in [1.54, 1.807) is 18.2 Å². The Labute approximate surface area is 179 Å². The van der Waals surface area contributed by atoms with Crippen LogP contribution in [0.25, 0.3) is 0 Å². The molecule has 0 aromatic heterocycles. The highest BCUT2D eigenvalue weighted by Gasteiger charge is 2.32. The van der Waals surface area contributed by atoms with Gasteiger partial charge in [-0.15, -0.1) is 38.0 Å². The van der Waals surface area contributed by atoms with Gasteiger partial charge in [-0.1, -0.05) is 18.2 Å². The number of ether oxygens (including phenoxy) is 1. The number of nitrogens with one attached hydrogen (secondary N) is 1. The SMILES string of the molecule is Cc1ccc(N)c(O)c1[C@H](c1ccc(OC(F)(F)F)cc1)N1CCNCC1.Cl.Cl. The molecule has 10 heteroatoms. The maximum absolute atomic E-state index is 12.4. The molecule has 0 spiro atoms. The molecule has 0 aliphatic carbocycles. The maximum Gasteiger partial charge on any atom is 0.573 e. The number of phenolic OH excluding ortho intramolecular Hbond substituents is 1. The molecule has 1 aliphatic heterocycles. The predicted molar refractivity (Wildman–Crippen MR) is 111 cm³/mol. The van der Waals surface area contributed by atoms with E-state index in [-0.39, 0.29) is 48.0 Å². The van der Waals surface area contributed by atoms with Gasteiger partial charge in [-0.25, -0.2) is 0 Å². The molecular weight excluding hydrogens is 430 g/mol. The van der Waals surface area contributed by atoms with E-state index < -0.39 is 6.36 Å². The Balaban J connectivity index is 0.00000210. The summed E-state index contributed by atoms with van der Waals surface area (Å²) in [7, 11) is 0. The zero-order chi connectivity index (χ0) is 19.6. The van der Waals surface area contributed by atoms with Crippen molar-refractivity contribution in [2.75, 3.05) is 31.9 Å². The summed E-state index contributed by atoms with van der Waals surface area (Å²) in [6, 6.07) is 8.92. The Morgan fingerprint density at radius 1 is 1.07 bits per heavy atom. The van der Waals surface area contributed by atoms with Gasteiger partial charge in [0.15, 0.2) is 0 Å². The third-order valence-electron chi connectivity index (χ3n) is 4.69. The first-order valence-electron chi connectivity index (χ1n) is 8.64. The smallest absolute Gasteiger partial charge is 0.505 e. The average molecular weight is 454 g/mol. The number of aromatic hydroxyl groups is 1. The van der Waals surface area contributed by atoms with Gasteiger partial charge in [0.05, 0.1) is 11.7 Å². The fourth-order valence-electron chi connectivity index (χ4n) is 3.42. The van der Waals surface area contributed by atoms with Crippen LogP contribution in [0.4, 0.5) is 18.9 Å². The highest BCUT2D eigenvalue weighted by molar-refractivity contribution is 5.85. The second-order valence-corrected chi connectivity index (χ2v) is 6.54. The molecule has 2 aromatic carbocycles. The van der Waals surface area contributed by atoms with Crippen LogP contribution in [0.15, 0.2) is 36.4 Å². The zero-order valence-corrected chi connectivity index (χ0v) is 17.3. The third kappa shape index (κ3) is 6.05. The molecule has 0 unspecified atom stereocenters. The van der Waals surface area contributed by atoms with Crippen LogP contribution in [0.5, 0.6) is 11.5 Å². The summed E-state index contributed by atoms with van der Waals surface area (Å²) in [6.07, 6.45) is -4.73. The Morgan fingerprint density at radius 3 is 2.21 bits per heavy atom. The molecule has 0 radical (unpaired) electrons. The summed E-state index contributed by atoms with van der Waals surface area (Å²) in [6.45, 7) is 4.92. The van der Waals surface area contributed by atoms with Crippen LogP contribution < -0.4 is 15.8 Å². The Bertz CT molecular complexity index is 799. The number of nitrogen functional groups attached to an aromatic ring is 1. The Morgan fingerprint density at radius 2 is 1.66 bits per heavy atom. The number of aryl methyl sites for hydroxylation is 1. The first kappa shape index (κ1) is 25.2. The Kier molecular flexibility index (Phi) is 8.89. The van der Waals surface area contributed by atoms with Gasteiger partial charge in [0.1, 0.15) is 11.5 Å². The summed E-state index contributed by atoms with van der Waals surface area (Å²) in [4.78, 5) is 2.18. The number of piperazine rings is 1. The number of hydrogen-bond acceptors (Lipinski definition) is 5. The van der Waals surface area contributed by atoms with Crippen molar-refractivity contribution in [3.63, 3.8) is 0 Å². The van der Waals surface area contributed by atoms with Gasteiger partial charge >= 0.3 is 6.36 Å². The second kappa shape index (κ2) is 10.2.